The maximum Gasteiger partial charge on any atom is 0.272 e. The van der Waals surface area contributed by atoms with Crippen LogP contribution in [0.3, 0.4) is 0 Å². The number of rotatable bonds is 9. The molecule has 2 heterocycles. The number of benzene rings is 1. The average molecular weight is 435 g/mol. The van der Waals surface area contributed by atoms with Crippen molar-refractivity contribution in [3.8, 4) is 0 Å². The summed E-state index contributed by atoms with van der Waals surface area (Å²) in [5.74, 6) is 0.123. The molecule has 7 nitrogen and oxygen atoms in total. The number of methoxy groups -OCH3 is 1. The summed E-state index contributed by atoms with van der Waals surface area (Å²) in [5.41, 5.74) is 2.07. The first-order valence-corrected chi connectivity index (χ1v) is 10.7. The van der Waals surface area contributed by atoms with Crippen molar-refractivity contribution in [3.63, 3.8) is 0 Å². The first-order chi connectivity index (χ1) is 15.5. The van der Waals surface area contributed by atoms with Gasteiger partial charge in [-0.15, -0.1) is 0 Å². The van der Waals surface area contributed by atoms with Crippen molar-refractivity contribution in [2.24, 2.45) is 12.0 Å². The molecule has 1 aromatic carbocycles. The zero-order chi connectivity index (χ0) is 22.9. The lowest BCUT2D eigenvalue weighted by Crippen LogP contribution is -2.43. The number of nitrogens with zero attached hydrogens (tertiary/aromatic N) is 3. The first-order valence-electron chi connectivity index (χ1n) is 10.7. The van der Waals surface area contributed by atoms with E-state index in [9.17, 15) is 9.59 Å². The Morgan fingerprint density at radius 1 is 1.22 bits per heavy atom. The van der Waals surface area contributed by atoms with E-state index in [-0.39, 0.29) is 17.9 Å². The summed E-state index contributed by atoms with van der Waals surface area (Å²) < 4.78 is 7.02. The summed E-state index contributed by atoms with van der Waals surface area (Å²) in [5, 5.41) is 2.97. The Bertz CT molecular complexity index is 1020. The minimum Gasteiger partial charge on any atom is -0.481 e. The van der Waals surface area contributed by atoms with Crippen LogP contribution >= 0.6 is 0 Å². The van der Waals surface area contributed by atoms with Gasteiger partial charge in [0, 0.05) is 32.9 Å². The average Bonchev–Trinajstić information content (AvgIpc) is 3.09. The minimum atomic E-state index is -0.180. The SMILES string of the molecule is COC1=CCC=CC(C(=O)N(C)C(CCNC(=O)c2cccn2C)Cc2ccccc2)=N1. The summed E-state index contributed by atoms with van der Waals surface area (Å²) in [6.45, 7) is 0.449. The highest BCUT2D eigenvalue weighted by Crippen LogP contribution is 2.14. The van der Waals surface area contributed by atoms with Crippen LogP contribution in [-0.4, -0.2) is 53.7 Å². The predicted octanol–water partition coefficient (Wildman–Crippen LogP) is 3.10. The lowest BCUT2D eigenvalue weighted by atomic mass is 10.0. The molecule has 1 unspecified atom stereocenters. The normalized spacial score (nSPS) is 14.1. The van der Waals surface area contributed by atoms with Crippen LogP contribution in [-0.2, 0) is 23.0 Å². The van der Waals surface area contributed by atoms with Crippen LogP contribution in [0.5, 0.6) is 0 Å². The van der Waals surface area contributed by atoms with Gasteiger partial charge in [-0.2, -0.15) is 0 Å². The smallest absolute Gasteiger partial charge is 0.272 e. The summed E-state index contributed by atoms with van der Waals surface area (Å²) in [7, 11) is 5.16. The van der Waals surface area contributed by atoms with Crippen molar-refractivity contribution in [1.82, 2.24) is 14.8 Å². The van der Waals surface area contributed by atoms with Gasteiger partial charge in [0.25, 0.3) is 11.8 Å². The summed E-state index contributed by atoms with van der Waals surface area (Å²) in [4.78, 5) is 31.8. The quantitative estimate of drug-likeness (QED) is 0.659. The number of allylic oxidation sites excluding steroid dienone is 2. The Hall–Kier alpha value is -3.61. The van der Waals surface area contributed by atoms with Gasteiger partial charge in [0.2, 0.25) is 5.88 Å². The van der Waals surface area contributed by atoms with Gasteiger partial charge in [0.15, 0.2) is 0 Å². The molecule has 2 amide bonds. The maximum atomic E-state index is 13.2. The number of ether oxygens (including phenoxy) is 1. The molecule has 3 rings (SSSR count). The van der Waals surface area contributed by atoms with Crippen LogP contribution in [0.2, 0.25) is 0 Å². The van der Waals surface area contributed by atoms with Crippen molar-refractivity contribution in [2.75, 3.05) is 20.7 Å². The summed E-state index contributed by atoms with van der Waals surface area (Å²) in [6, 6.07) is 13.5. The van der Waals surface area contributed by atoms with Crippen molar-refractivity contribution in [1.29, 1.82) is 0 Å². The molecule has 0 bridgehead atoms. The van der Waals surface area contributed by atoms with Crippen LogP contribution in [0.4, 0.5) is 0 Å². The molecule has 0 saturated carbocycles. The fourth-order valence-corrected chi connectivity index (χ4v) is 3.60. The minimum absolute atomic E-state index is 0.118. The number of nitrogens with one attached hydrogen (secondary N) is 1. The number of hydrogen-bond donors (Lipinski definition) is 1. The second-order valence-electron chi connectivity index (χ2n) is 7.69. The molecule has 1 aliphatic rings. The first kappa shape index (κ1) is 23.1. The molecule has 0 spiro atoms. The molecule has 1 N–H and O–H groups in total. The molecule has 32 heavy (non-hydrogen) atoms. The van der Waals surface area contributed by atoms with Gasteiger partial charge in [-0.3, -0.25) is 9.59 Å². The van der Waals surface area contributed by atoms with E-state index in [1.807, 2.05) is 61.8 Å². The van der Waals surface area contributed by atoms with Crippen LogP contribution < -0.4 is 5.32 Å². The number of carbonyl (C=O) groups excluding carboxylic acids is 2. The second-order valence-corrected chi connectivity index (χ2v) is 7.69. The maximum absolute atomic E-state index is 13.2. The van der Waals surface area contributed by atoms with Gasteiger partial charge >= 0.3 is 0 Å². The van der Waals surface area contributed by atoms with Crippen LogP contribution in [0.1, 0.15) is 28.9 Å². The van der Waals surface area contributed by atoms with E-state index in [2.05, 4.69) is 10.3 Å². The molecule has 0 fully saturated rings. The van der Waals surface area contributed by atoms with Gasteiger partial charge in [-0.05, 0) is 49.1 Å². The van der Waals surface area contributed by atoms with Crippen molar-refractivity contribution in [2.45, 2.75) is 25.3 Å². The van der Waals surface area contributed by atoms with E-state index in [1.165, 1.54) is 0 Å². The standard InChI is InChI=1S/C25H30N4O3/c1-28-17-9-13-22(28)24(30)26-16-15-20(18-19-10-5-4-6-11-19)29(2)25(31)21-12-7-8-14-23(27-21)32-3/h4-7,9-14,17,20H,8,15-16,18H2,1-3H3,(H,26,30). The molecule has 0 saturated heterocycles. The third kappa shape index (κ3) is 5.97. The fourth-order valence-electron chi connectivity index (χ4n) is 3.60. The van der Waals surface area contributed by atoms with Crippen molar-refractivity contribution in [3.05, 3.63) is 84.0 Å². The lowest BCUT2D eigenvalue weighted by molar-refractivity contribution is -0.124. The molecule has 7 heteroatoms. The highest BCUT2D eigenvalue weighted by atomic mass is 16.5. The van der Waals surface area contributed by atoms with Crippen LogP contribution in [0.25, 0.3) is 0 Å². The zero-order valence-electron chi connectivity index (χ0n) is 18.8. The molecule has 1 aromatic heterocycles. The van der Waals surface area contributed by atoms with Gasteiger partial charge in [-0.25, -0.2) is 4.99 Å². The molecule has 168 valence electrons. The molecular formula is C25H30N4O3. The third-order valence-corrected chi connectivity index (χ3v) is 5.48. The van der Waals surface area contributed by atoms with Gasteiger partial charge in [-0.1, -0.05) is 36.4 Å². The Morgan fingerprint density at radius 3 is 2.69 bits per heavy atom. The molecular weight excluding hydrogens is 404 g/mol. The van der Waals surface area contributed by atoms with Crippen molar-refractivity contribution >= 4 is 17.5 Å². The molecule has 1 atom stereocenters. The number of likely N-dealkylation sites (N-methyl/N-ethyl adjacent to an activating group) is 1. The van der Waals surface area contributed by atoms with E-state index in [1.54, 1.807) is 35.8 Å². The number of amides is 2. The Morgan fingerprint density at radius 2 is 2.00 bits per heavy atom. The van der Waals surface area contributed by atoms with E-state index >= 15 is 0 Å². The summed E-state index contributed by atoms with van der Waals surface area (Å²) >= 11 is 0. The van der Waals surface area contributed by atoms with Crippen molar-refractivity contribution < 1.29 is 14.3 Å². The van der Waals surface area contributed by atoms with E-state index < -0.39 is 0 Å². The molecule has 0 radical (unpaired) electrons. The highest BCUT2D eigenvalue weighted by molar-refractivity contribution is 6.43. The Balaban J connectivity index is 1.72. The third-order valence-electron chi connectivity index (χ3n) is 5.48. The molecule has 0 aliphatic carbocycles. The Labute approximate surface area is 189 Å². The number of carbonyl (C=O) groups is 2. The topological polar surface area (TPSA) is 75.9 Å². The number of aliphatic imine (C=N–C) groups is 1. The monoisotopic (exact) mass is 434 g/mol. The molecule has 1 aliphatic heterocycles. The highest BCUT2D eigenvalue weighted by Gasteiger charge is 2.24. The molecule has 2 aromatic rings. The van der Waals surface area contributed by atoms with E-state index in [4.69, 9.17) is 4.74 Å². The van der Waals surface area contributed by atoms with Gasteiger partial charge in [0.05, 0.1) is 7.11 Å². The lowest BCUT2D eigenvalue weighted by Gasteiger charge is -2.29. The predicted molar refractivity (Wildman–Crippen MR) is 125 cm³/mol. The van der Waals surface area contributed by atoms with Gasteiger partial charge < -0.3 is 19.5 Å². The second kappa shape index (κ2) is 11.1. The largest absolute Gasteiger partial charge is 0.481 e. The number of hydrogen-bond acceptors (Lipinski definition) is 4. The number of aromatic nitrogens is 1. The van der Waals surface area contributed by atoms with E-state index in [0.29, 0.717) is 43.1 Å². The zero-order valence-corrected chi connectivity index (χ0v) is 18.8. The van der Waals surface area contributed by atoms with Gasteiger partial charge in [0.1, 0.15) is 11.4 Å². The number of aryl methyl sites for hydroxylation is 1. The summed E-state index contributed by atoms with van der Waals surface area (Å²) in [6.07, 6.45) is 9.23. The Kier molecular flexibility index (Phi) is 8.02. The fraction of sp³-hybridized carbons (Fsp3) is 0.320. The van der Waals surface area contributed by atoms with Crippen LogP contribution in [0, 0.1) is 0 Å². The van der Waals surface area contributed by atoms with Crippen LogP contribution in [0.15, 0.2) is 77.8 Å². The van der Waals surface area contributed by atoms with E-state index in [0.717, 1.165) is 5.56 Å².